The summed E-state index contributed by atoms with van der Waals surface area (Å²) in [6.45, 7) is 0. The normalized spacial score (nSPS) is 10.6. The van der Waals surface area contributed by atoms with Gasteiger partial charge in [0, 0.05) is 27.7 Å². The van der Waals surface area contributed by atoms with Crippen LogP contribution >= 0.6 is 0 Å². The molecule has 1 aromatic heterocycles. The van der Waals surface area contributed by atoms with Gasteiger partial charge in [-0.2, -0.15) is 0 Å². The lowest BCUT2D eigenvalue weighted by molar-refractivity contribution is 0.112. The molecule has 0 radical (unpaired) electrons. The Morgan fingerprint density at radius 2 is 1.95 bits per heavy atom. The third-order valence-corrected chi connectivity index (χ3v) is 3.21. The first-order valence-corrected chi connectivity index (χ1v) is 6.03. The molecule has 94 valence electrons. The van der Waals surface area contributed by atoms with E-state index in [0.717, 1.165) is 28.4 Å². The Hall–Kier alpha value is -2.55. The van der Waals surface area contributed by atoms with Gasteiger partial charge < -0.3 is 9.72 Å². The van der Waals surface area contributed by atoms with Gasteiger partial charge in [0.05, 0.1) is 7.11 Å². The van der Waals surface area contributed by atoms with Crippen LogP contribution in [0.3, 0.4) is 0 Å². The van der Waals surface area contributed by atoms with E-state index < -0.39 is 0 Å². The van der Waals surface area contributed by atoms with Crippen molar-refractivity contribution in [2.24, 2.45) is 0 Å². The minimum Gasteiger partial charge on any atom is -0.497 e. The highest BCUT2D eigenvalue weighted by Crippen LogP contribution is 2.28. The smallest absolute Gasteiger partial charge is 0.150 e. The first-order valence-electron chi connectivity index (χ1n) is 6.03. The van der Waals surface area contributed by atoms with E-state index >= 15 is 0 Å². The minimum absolute atomic E-state index is 0.617. The second kappa shape index (κ2) is 4.61. The minimum atomic E-state index is 0.617. The van der Waals surface area contributed by atoms with Crippen molar-refractivity contribution in [3.8, 4) is 17.0 Å². The van der Waals surface area contributed by atoms with Crippen LogP contribution in [0.5, 0.6) is 5.75 Å². The van der Waals surface area contributed by atoms with Gasteiger partial charge in [0.15, 0.2) is 6.29 Å². The van der Waals surface area contributed by atoms with Gasteiger partial charge in [-0.15, -0.1) is 0 Å². The fourth-order valence-electron chi connectivity index (χ4n) is 2.23. The number of carbonyl (C=O) groups excluding carboxylic acids is 1. The van der Waals surface area contributed by atoms with Crippen molar-refractivity contribution in [2.75, 3.05) is 7.11 Å². The van der Waals surface area contributed by atoms with Crippen molar-refractivity contribution >= 4 is 17.2 Å². The van der Waals surface area contributed by atoms with Crippen LogP contribution in [0, 0.1) is 0 Å². The van der Waals surface area contributed by atoms with Gasteiger partial charge in [-0.3, -0.25) is 4.79 Å². The van der Waals surface area contributed by atoms with E-state index in [1.54, 1.807) is 13.2 Å². The molecule has 0 saturated carbocycles. The molecule has 0 aliphatic carbocycles. The van der Waals surface area contributed by atoms with Crippen LogP contribution in [0.1, 0.15) is 10.4 Å². The van der Waals surface area contributed by atoms with E-state index in [1.165, 1.54) is 0 Å². The number of carbonyl (C=O) groups is 1. The fourth-order valence-corrected chi connectivity index (χ4v) is 2.23. The van der Waals surface area contributed by atoms with Gasteiger partial charge in [0.1, 0.15) is 5.75 Å². The maximum absolute atomic E-state index is 11.2. The summed E-state index contributed by atoms with van der Waals surface area (Å²) in [5, 5.41) is 1.13. The number of para-hydroxylation sites is 1. The summed E-state index contributed by atoms with van der Waals surface area (Å²) in [5.74, 6) is 0.682. The van der Waals surface area contributed by atoms with E-state index in [0.29, 0.717) is 11.3 Å². The zero-order valence-electron chi connectivity index (χ0n) is 10.5. The Balaban J connectivity index is 2.17. The van der Waals surface area contributed by atoms with Gasteiger partial charge in [0.2, 0.25) is 0 Å². The molecule has 0 fully saturated rings. The number of hydrogen-bond acceptors (Lipinski definition) is 2. The zero-order valence-corrected chi connectivity index (χ0v) is 10.5. The lowest BCUT2D eigenvalue weighted by Gasteiger charge is -2.05. The molecule has 1 N–H and O–H groups in total. The van der Waals surface area contributed by atoms with Crippen LogP contribution in [0.25, 0.3) is 22.2 Å². The van der Waals surface area contributed by atoms with Gasteiger partial charge >= 0.3 is 0 Å². The van der Waals surface area contributed by atoms with Crippen molar-refractivity contribution in [3.05, 3.63) is 54.1 Å². The number of nitrogens with one attached hydrogen (secondary N) is 1. The molecule has 3 nitrogen and oxygen atoms in total. The van der Waals surface area contributed by atoms with Crippen molar-refractivity contribution in [1.82, 2.24) is 4.98 Å². The SMILES string of the molecule is COc1ccc(-c2cc3ccccc3[nH]2)c(C=O)c1. The number of rotatable bonds is 3. The lowest BCUT2D eigenvalue weighted by atomic mass is 10.1. The average molecular weight is 251 g/mol. The predicted molar refractivity (Wildman–Crippen MR) is 75.7 cm³/mol. The first-order chi connectivity index (χ1) is 9.31. The lowest BCUT2D eigenvalue weighted by Crippen LogP contribution is -1.90. The summed E-state index contributed by atoms with van der Waals surface area (Å²) < 4.78 is 5.14. The molecule has 0 atom stereocenters. The highest BCUT2D eigenvalue weighted by atomic mass is 16.5. The van der Waals surface area contributed by atoms with E-state index in [1.807, 2.05) is 42.5 Å². The standard InChI is InChI=1S/C16H13NO2/c1-19-13-6-7-14(12(8-13)10-18)16-9-11-4-2-3-5-15(11)17-16/h2-10,17H,1H3. The number of H-pyrrole nitrogens is 1. The summed E-state index contributed by atoms with van der Waals surface area (Å²) in [7, 11) is 1.59. The number of ether oxygens (including phenoxy) is 1. The van der Waals surface area contributed by atoms with Gasteiger partial charge in [0.25, 0.3) is 0 Å². The third kappa shape index (κ3) is 1.99. The third-order valence-electron chi connectivity index (χ3n) is 3.21. The number of benzene rings is 2. The molecule has 19 heavy (non-hydrogen) atoms. The van der Waals surface area contributed by atoms with Crippen molar-refractivity contribution in [2.45, 2.75) is 0 Å². The molecular formula is C16H13NO2. The monoisotopic (exact) mass is 251 g/mol. The molecule has 0 bridgehead atoms. The second-order valence-electron chi connectivity index (χ2n) is 4.34. The number of aromatic amines is 1. The van der Waals surface area contributed by atoms with Crippen LogP contribution in [0.2, 0.25) is 0 Å². The molecule has 3 rings (SSSR count). The maximum Gasteiger partial charge on any atom is 0.150 e. The van der Waals surface area contributed by atoms with Crippen LogP contribution in [-0.2, 0) is 0 Å². The molecule has 0 spiro atoms. The highest BCUT2D eigenvalue weighted by Gasteiger charge is 2.08. The number of hydrogen-bond donors (Lipinski definition) is 1. The topological polar surface area (TPSA) is 42.1 Å². The summed E-state index contributed by atoms with van der Waals surface area (Å²) in [5.41, 5.74) is 3.49. The Morgan fingerprint density at radius 3 is 2.68 bits per heavy atom. The van der Waals surface area contributed by atoms with Crippen molar-refractivity contribution in [3.63, 3.8) is 0 Å². The molecule has 0 saturated heterocycles. The summed E-state index contributed by atoms with van der Waals surface area (Å²) in [6.07, 6.45) is 0.851. The molecule has 0 aliphatic rings. The van der Waals surface area contributed by atoms with Gasteiger partial charge in [-0.25, -0.2) is 0 Å². The number of aldehydes is 1. The van der Waals surface area contributed by atoms with Crippen LogP contribution in [0.15, 0.2) is 48.5 Å². The Bertz CT molecular complexity index is 710. The molecule has 3 aromatic rings. The largest absolute Gasteiger partial charge is 0.497 e. The van der Waals surface area contributed by atoms with E-state index in [9.17, 15) is 4.79 Å². The first kappa shape index (κ1) is 11.5. The molecule has 3 heteroatoms. The fraction of sp³-hybridized carbons (Fsp3) is 0.0625. The highest BCUT2D eigenvalue weighted by molar-refractivity contribution is 5.92. The average Bonchev–Trinajstić information content (AvgIpc) is 2.90. The summed E-state index contributed by atoms with van der Waals surface area (Å²) >= 11 is 0. The maximum atomic E-state index is 11.2. The predicted octanol–water partition coefficient (Wildman–Crippen LogP) is 3.66. The Morgan fingerprint density at radius 1 is 1.11 bits per heavy atom. The van der Waals surface area contributed by atoms with Crippen LogP contribution in [0.4, 0.5) is 0 Å². The Kier molecular flexibility index (Phi) is 2.80. The molecule has 1 heterocycles. The van der Waals surface area contributed by atoms with Gasteiger partial charge in [-0.1, -0.05) is 18.2 Å². The molecule has 0 aliphatic heterocycles. The van der Waals surface area contributed by atoms with Crippen molar-refractivity contribution < 1.29 is 9.53 Å². The molecule has 0 unspecified atom stereocenters. The van der Waals surface area contributed by atoms with E-state index in [4.69, 9.17) is 4.74 Å². The molecule has 2 aromatic carbocycles. The van der Waals surface area contributed by atoms with E-state index in [2.05, 4.69) is 4.98 Å². The van der Waals surface area contributed by atoms with E-state index in [-0.39, 0.29) is 0 Å². The molecular weight excluding hydrogens is 238 g/mol. The summed E-state index contributed by atoms with van der Waals surface area (Å²) in [6, 6.07) is 15.6. The van der Waals surface area contributed by atoms with Crippen LogP contribution < -0.4 is 4.74 Å². The Labute approximate surface area is 110 Å². The van der Waals surface area contributed by atoms with Gasteiger partial charge in [-0.05, 0) is 30.3 Å². The summed E-state index contributed by atoms with van der Waals surface area (Å²) in [4.78, 5) is 14.5. The number of methoxy groups -OCH3 is 1. The number of fused-ring (bicyclic) bond motifs is 1. The van der Waals surface area contributed by atoms with Crippen LogP contribution in [-0.4, -0.2) is 18.4 Å². The second-order valence-corrected chi connectivity index (χ2v) is 4.34. The quantitative estimate of drug-likeness (QED) is 0.722. The zero-order chi connectivity index (χ0) is 13.2. The number of aromatic nitrogens is 1. The molecule has 0 amide bonds. The van der Waals surface area contributed by atoms with Crippen molar-refractivity contribution in [1.29, 1.82) is 0 Å².